The van der Waals surface area contributed by atoms with E-state index in [4.69, 9.17) is 10.3 Å². The molecule has 1 saturated heterocycles. The minimum Gasteiger partial charge on any atom is -0.338 e. The summed E-state index contributed by atoms with van der Waals surface area (Å²) in [6.45, 7) is 3.28. The zero-order valence-electron chi connectivity index (χ0n) is 11.9. The number of likely N-dealkylation sites (tertiary alicyclic amines) is 1. The predicted octanol–water partition coefficient (Wildman–Crippen LogP) is 2.14. The SMILES string of the molecule is NCc1nc(CN2CCC(CSc3ccccc3)C2)no1. The van der Waals surface area contributed by atoms with Gasteiger partial charge in [-0.05, 0) is 31.0 Å². The van der Waals surface area contributed by atoms with Gasteiger partial charge in [-0.3, -0.25) is 4.90 Å². The van der Waals surface area contributed by atoms with Crippen molar-refractivity contribution in [2.24, 2.45) is 11.7 Å². The highest BCUT2D eigenvalue weighted by molar-refractivity contribution is 7.99. The molecule has 21 heavy (non-hydrogen) atoms. The standard InChI is InChI=1S/C15H20N4OS/c16-8-15-17-14(18-20-15)10-19-7-6-12(9-19)11-21-13-4-2-1-3-5-13/h1-5,12H,6-11,16H2. The first-order valence-electron chi connectivity index (χ1n) is 7.25. The van der Waals surface area contributed by atoms with Crippen LogP contribution in [0.5, 0.6) is 0 Å². The van der Waals surface area contributed by atoms with Crippen LogP contribution in [0, 0.1) is 5.92 Å². The van der Waals surface area contributed by atoms with E-state index < -0.39 is 0 Å². The molecule has 1 aliphatic heterocycles. The molecule has 2 aromatic rings. The average molecular weight is 304 g/mol. The number of benzene rings is 1. The van der Waals surface area contributed by atoms with E-state index in [0.29, 0.717) is 12.4 Å². The maximum atomic E-state index is 5.48. The van der Waals surface area contributed by atoms with E-state index in [0.717, 1.165) is 31.4 Å². The molecule has 1 aromatic heterocycles. The Hall–Kier alpha value is -1.37. The topological polar surface area (TPSA) is 68.2 Å². The van der Waals surface area contributed by atoms with E-state index in [2.05, 4.69) is 45.4 Å². The van der Waals surface area contributed by atoms with Gasteiger partial charge in [0.05, 0.1) is 13.1 Å². The first-order valence-corrected chi connectivity index (χ1v) is 8.24. The number of hydrogen-bond acceptors (Lipinski definition) is 6. The maximum absolute atomic E-state index is 5.48. The molecule has 2 N–H and O–H groups in total. The third-order valence-corrected chi connectivity index (χ3v) is 4.89. The highest BCUT2D eigenvalue weighted by atomic mass is 32.2. The van der Waals surface area contributed by atoms with E-state index in [1.807, 2.05) is 11.8 Å². The predicted molar refractivity (Wildman–Crippen MR) is 82.7 cm³/mol. The largest absolute Gasteiger partial charge is 0.338 e. The van der Waals surface area contributed by atoms with Crippen molar-refractivity contribution in [2.45, 2.75) is 24.4 Å². The molecule has 1 fully saturated rings. The summed E-state index contributed by atoms with van der Waals surface area (Å²) in [5.41, 5.74) is 5.48. The molecule has 3 rings (SSSR count). The summed E-state index contributed by atoms with van der Waals surface area (Å²) in [6, 6.07) is 10.6. The first kappa shape index (κ1) is 14.6. The van der Waals surface area contributed by atoms with Crippen molar-refractivity contribution in [3.8, 4) is 0 Å². The van der Waals surface area contributed by atoms with Crippen LogP contribution < -0.4 is 5.73 Å². The molecular weight excluding hydrogens is 284 g/mol. The van der Waals surface area contributed by atoms with Crippen molar-refractivity contribution in [1.82, 2.24) is 15.0 Å². The summed E-state index contributed by atoms with van der Waals surface area (Å²) in [5.74, 6) is 3.16. The van der Waals surface area contributed by atoms with Gasteiger partial charge in [0.1, 0.15) is 0 Å². The Kier molecular flexibility index (Phi) is 4.90. The number of nitrogens with zero attached hydrogens (tertiary/aromatic N) is 3. The molecule has 0 saturated carbocycles. The molecule has 1 aliphatic rings. The zero-order valence-corrected chi connectivity index (χ0v) is 12.8. The minimum absolute atomic E-state index is 0.309. The summed E-state index contributed by atoms with van der Waals surface area (Å²) >= 11 is 1.94. The Morgan fingerprint density at radius 1 is 1.33 bits per heavy atom. The van der Waals surface area contributed by atoms with Crippen LogP contribution in [0.25, 0.3) is 0 Å². The van der Waals surface area contributed by atoms with Gasteiger partial charge in [0.25, 0.3) is 0 Å². The fourth-order valence-corrected chi connectivity index (χ4v) is 3.61. The van der Waals surface area contributed by atoms with Crippen LogP contribution >= 0.6 is 11.8 Å². The van der Waals surface area contributed by atoms with E-state index in [1.54, 1.807) is 0 Å². The molecule has 0 aliphatic carbocycles. The number of rotatable bonds is 6. The summed E-state index contributed by atoms with van der Waals surface area (Å²) < 4.78 is 5.04. The fraction of sp³-hybridized carbons (Fsp3) is 0.467. The highest BCUT2D eigenvalue weighted by Gasteiger charge is 2.23. The summed E-state index contributed by atoms with van der Waals surface area (Å²) in [7, 11) is 0. The van der Waals surface area contributed by atoms with Crippen molar-refractivity contribution in [2.75, 3.05) is 18.8 Å². The minimum atomic E-state index is 0.309. The van der Waals surface area contributed by atoms with Crippen LogP contribution in [0.4, 0.5) is 0 Å². The monoisotopic (exact) mass is 304 g/mol. The lowest BCUT2D eigenvalue weighted by Gasteiger charge is -2.13. The zero-order chi connectivity index (χ0) is 14.5. The second kappa shape index (κ2) is 7.06. The third kappa shape index (κ3) is 4.06. The lowest BCUT2D eigenvalue weighted by molar-refractivity contribution is 0.301. The fourth-order valence-electron chi connectivity index (χ4n) is 2.56. The van der Waals surface area contributed by atoms with Crippen molar-refractivity contribution < 1.29 is 4.52 Å². The van der Waals surface area contributed by atoms with Gasteiger partial charge in [0.15, 0.2) is 5.82 Å². The summed E-state index contributed by atoms with van der Waals surface area (Å²) in [5, 5.41) is 3.96. The second-order valence-electron chi connectivity index (χ2n) is 5.32. The smallest absolute Gasteiger partial charge is 0.240 e. The van der Waals surface area contributed by atoms with Crippen LogP contribution in [0.2, 0.25) is 0 Å². The Morgan fingerprint density at radius 3 is 2.95 bits per heavy atom. The van der Waals surface area contributed by atoms with Crippen molar-refractivity contribution in [3.63, 3.8) is 0 Å². The van der Waals surface area contributed by atoms with Gasteiger partial charge in [-0.2, -0.15) is 4.98 Å². The van der Waals surface area contributed by atoms with Crippen LogP contribution in [-0.4, -0.2) is 33.9 Å². The molecule has 0 spiro atoms. The lowest BCUT2D eigenvalue weighted by atomic mass is 10.2. The molecule has 6 heteroatoms. The maximum Gasteiger partial charge on any atom is 0.240 e. The quantitative estimate of drug-likeness (QED) is 0.825. The molecule has 112 valence electrons. The Balaban J connectivity index is 1.44. The molecule has 5 nitrogen and oxygen atoms in total. The van der Waals surface area contributed by atoms with Gasteiger partial charge in [0.2, 0.25) is 5.89 Å². The van der Waals surface area contributed by atoms with E-state index >= 15 is 0 Å². The van der Waals surface area contributed by atoms with Crippen molar-refractivity contribution in [1.29, 1.82) is 0 Å². The van der Waals surface area contributed by atoms with Crippen molar-refractivity contribution >= 4 is 11.8 Å². The second-order valence-corrected chi connectivity index (χ2v) is 6.42. The summed E-state index contributed by atoms with van der Waals surface area (Å²) in [4.78, 5) is 8.00. The summed E-state index contributed by atoms with van der Waals surface area (Å²) in [6.07, 6.45) is 1.24. The molecule has 0 radical (unpaired) electrons. The molecule has 0 amide bonds. The Morgan fingerprint density at radius 2 is 2.19 bits per heavy atom. The van der Waals surface area contributed by atoms with Gasteiger partial charge in [-0.15, -0.1) is 11.8 Å². The van der Waals surface area contributed by atoms with Gasteiger partial charge < -0.3 is 10.3 Å². The van der Waals surface area contributed by atoms with Crippen LogP contribution in [0.15, 0.2) is 39.8 Å². The highest BCUT2D eigenvalue weighted by Crippen LogP contribution is 2.26. The Bertz CT molecular complexity index is 560. The molecule has 1 aromatic carbocycles. The lowest BCUT2D eigenvalue weighted by Crippen LogP contribution is -2.21. The van der Waals surface area contributed by atoms with E-state index in [9.17, 15) is 0 Å². The average Bonchev–Trinajstić information content (AvgIpc) is 3.16. The van der Waals surface area contributed by atoms with Crippen LogP contribution in [-0.2, 0) is 13.1 Å². The van der Waals surface area contributed by atoms with Gasteiger partial charge in [-0.1, -0.05) is 23.4 Å². The molecule has 0 bridgehead atoms. The van der Waals surface area contributed by atoms with Crippen molar-refractivity contribution in [3.05, 3.63) is 42.0 Å². The van der Waals surface area contributed by atoms with E-state index in [1.165, 1.54) is 17.1 Å². The molecular formula is C15H20N4OS. The van der Waals surface area contributed by atoms with Gasteiger partial charge >= 0.3 is 0 Å². The number of thioether (sulfide) groups is 1. The Labute approximate surface area is 128 Å². The number of nitrogens with two attached hydrogens (primary N) is 1. The van der Waals surface area contributed by atoms with Crippen LogP contribution in [0.3, 0.4) is 0 Å². The normalized spacial score (nSPS) is 19.2. The molecule has 1 atom stereocenters. The number of hydrogen-bond donors (Lipinski definition) is 1. The third-order valence-electron chi connectivity index (χ3n) is 3.65. The molecule has 1 unspecified atom stereocenters. The van der Waals surface area contributed by atoms with Crippen LogP contribution in [0.1, 0.15) is 18.1 Å². The number of aromatic nitrogens is 2. The molecule has 2 heterocycles. The first-order chi connectivity index (χ1) is 10.3. The van der Waals surface area contributed by atoms with E-state index in [-0.39, 0.29) is 0 Å². The van der Waals surface area contributed by atoms with Gasteiger partial charge in [0, 0.05) is 17.2 Å². The van der Waals surface area contributed by atoms with Gasteiger partial charge in [-0.25, -0.2) is 0 Å².